The van der Waals surface area contributed by atoms with E-state index in [0.717, 1.165) is 32.0 Å². The van der Waals surface area contributed by atoms with Crippen molar-refractivity contribution >= 4 is 16.7 Å². The average Bonchev–Trinajstić information content (AvgIpc) is 3.58. The largest absolute Gasteiger partial charge is 0.375 e. The summed E-state index contributed by atoms with van der Waals surface area (Å²) in [6.07, 6.45) is 13.3. The number of hydrogen-bond acceptors (Lipinski definition) is 4. The lowest BCUT2D eigenvalue weighted by molar-refractivity contribution is 0.279. The van der Waals surface area contributed by atoms with Crippen LogP contribution in [0, 0.1) is 17.2 Å². The van der Waals surface area contributed by atoms with Crippen molar-refractivity contribution < 1.29 is 0 Å². The molecule has 1 saturated heterocycles. The molecule has 0 radical (unpaired) electrons. The van der Waals surface area contributed by atoms with Crippen molar-refractivity contribution in [2.45, 2.75) is 90.1 Å². The Morgan fingerprint density at radius 1 is 1.16 bits per heavy atom. The summed E-state index contributed by atoms with van der Waals surface area (Å²) >= 11 is 0. The topological polar surface area (TPSA) is 48.1 Å². The molecule has 1 aliphatic carbocycles. The molecule has 2 aliphatic heterocycles. The van der Waals surface area contributed by atoms with Gasteiger partial charge in [-0.15, -0.1) is 6.58 Å². The number of nitriles is 1. The first-order chi connectivity index (χ1) is 17.9. The Labute approximate surface area is 224 Å². The Balaban J connectivity index is 0.000000747. The second-order valence-corrected chi connectivity index (χ2v) is 11.3. The number of fused-ring (bicyclic) bond motifs is 3. The first-order valence-electron chi connectivity index (χ1n) is 14.3. The van der Waals surface area contributed by atoms with Crippen LogP contribution in [-0.2, 0) is 6.42 Å². The Bertz CT molecular complexity index is 1160. The summed E-state index contributed by atoms with van der Waals surface area (Å²) in [7, 11) is 0. The monoisotopic (exact) mass is 499 g/mol. The molecule has 3 aliphatic rings. The molecule has 4 atom stereocenters. The highest BCUT2D eigenvalue weighted by Gasteiger charge is 2.32. The molecule has 1 aromatic heterocycles. The molecule has 0 bridgehead atoms. The van der Waals surface area contributed by atoms with Crippen LogP contribution in [0.1, 0.15) is 89.1 Å². The predicted molar refractivity (Wildman–Crippen MR) is 156 cm³/mol. The second kappa shape index (κ2) is 12.0. The van der Waals surface area contributed by atoms with Crippen molar-refractivity contribution in [2.75, 3.05) is 24.5 Å². The number of aromatic nitrogens is 2. The summed E-state index contributed by atoms with van der Waals surface area (Å²) in [6, 6.07) is 7.52. The molecule has 0 spiro atoms. The summed E-state index contributed by atoms with van der Waals surface area (Å²) in [5.41, 5.74) is 6.64. The van der Waals surface area contributed by atoms with Crippen molar-refractivity contribution in [1.82, 2.24) is 14.5 Å². The number of likely N-dealkylation sites (tertiary alicyclic amines) is 1. The molecule has 5 nitrogen and oxygen atoms in total. The standard InChI is InChI=1S/C29H42N4.C3H3N/c1-6-16-32-21(3)12-13-25-26(32)14-15-27-28(25)30-29(22(4)23(5)31-17-7-8-18-31)33(27)24-11-9-10-20(2)19-24;1-2-3-4/h6,14-15,20-22,24H,1,5,7-13,16-19H2,2-4H3;2H,1H2. The van der Waals surface area contributed by atoms with Gasteiger partial charge in [-0.05, 0) is 70.4 Å². The molecule has 2 fully saturated rings. The first-order valence-corrected chi connectivity index (χ1v) is 14.3. The molecule has 4 unspecified atom stereocenters. The Morgan fingerprint density at radius 3 is 2.54 bits per heavy atom. The lowest BCUT2D eigenvalue weighted by Gasteiger charge is -2.36. The molecule has 2 aromatic rings. The number of nitrogens with zero attached hydrogens (tertiary/aromatic N) is 5. The van der Waals surface area contributed by atoms with E-state index in [4.69, 9.17) is 10.2 Å². The first kappa shape index (κ1) is 27.0. The smallest absolute Gasteiger partial charge is 0.118 e. The van der Waals surface area contributed by atoms with Crippen LogP contribution in [-0.4, -0.2) is 40.1 Å². The van der Waals surface area contributed by atoms with Crippen LogP contribution >= 0.6 is 0 Å². The van der Waals surface area contributed by atoms with E-state index >= 15 is 0 Å². The van der Waals surface area contributed by atoms with Crippen molar-refractivity contribution in [3.63, 3.8) is 0 Å². The molecule has 1 aromatic carbocycles. The van der Waals surface area contributed by atoms with Crippen LogP contribution in [0.4, 0.5) is 5.69 Å². The lowest BCUT2D eigenvalue weighted by atomic mass is 9.86. The fourth-order valence-electron chi connectivity index (χ4n) is 6.66. The van der Waals surface area contributed by atoms with Gasteiger partial charge in [-0.3, -0.25) is 0 Å². The van der Waals surface area contributed by atoms with Gasteiger partial charge in [0.25, 0.3) is 0 Å². The zero-order valence-corrected chi connectivity index (χ0v) is 23.3. The number of hydrogen-bond donors (Lipinski definition) is 0. The minimum atomic E-state index is 0.246. The number of imidazole rings is 1. The minimum absolute atomic E-state index is 0.246. The fourth-order valence-corrected chi connectivity index (χ4v) is 6.66. The number of benzene rings is 1. The van der Waals surface area contributed by atoms with Gasteiger partial charge >= 0.3 is 0 Å². The average molecular weight is 500 g/mol. The number of allylic oxidation sites excluding steroid dienone is 2. The SMILES string of the molecule is C=CC#N.C=CCN1c2ccc3c(nc(C(C)C(=C)N4CCCC4)n3C3CCCC(C)C3)c2CCC1C. The third-order valence-corrected chi connectivity index (χ3v) is 8.71. The normalized spacial score (nSPS) is 24.0. The highest BCUT2D eigenvalue weighted by Crippen LogP contribution is 2.42. The number of rotatable bonds is 6. The minimum Gasteiger partial charge on any atom is -0.375 e. The molecule has 1 saturated carbocycles. The molecule has 0 N–H and O–H groups in total. The molecular formula is C32H45N5. The Kier molecular flexibility index (Phi) is 8.79. The molecule has 198 valence electrons. The van der Waals surface area contributed by atoms with Gasteiger partial charge in [0, 0.05) is 54.7 Å². The van der Waals surface area contributed by atoms with E-state index in [0.29, 0.717) is 12.1 Å². The molecule has 37 heavy (non-hydrogen) atoms. The van der Waals surface area contributed by atoms with Gasteiger partial charge in [-0.2, -0.15) is 5.26 Å². The Morgan fingerprint density at radius 2 is 1.89 bits per heavy atom. The van der Waals surface area contributed by atoms with E-state index in [-0.39, 0.29) is 5.92 Å². The maximum Gasteiger partial charge on any atom is 0.118 e. The summed E-state index contributed by atoms with van der Waals surface area (Å²) < 4.78 is 2.65. The van der Waals surface area contributed by atoms with Crippen molar-refractivity contribution in [2.24, 2.45) is 5.92 Å². The van der Waals surface area contributed by atoms with Gasteiger partial charge in [0.15, 0.2) is 0 Å². The number of anilines is 1. The summed E-state index contributed by atoms with van der Waals surface area (Å²) in [5.74, 6) is 2.27. The van der Waals surface area contributed by atoms with E-state index < -0.39 is 0 Å². The third kappa shape index (κ3) is 5.49. The molecular weight excluding hydrogens is 454 g/mol. The van der Waals surface area contributed by atoms with Crippen molar-refractivity contribution in [3.8, 4) is 6.07 Å². The van der Waals surface area contributed by atoms with Gasteiger partial charge in [0.2, 0.25) is 0 Å². The van der Waals surface area contributed by atoms with E-state index in [2.05, 4.69) is 67.0 Å². The highest BCUT2D eigenvalue weighted by atomic mass is 15.2. The molecule has 3 heterocycles. The second-order valence-electron chi connectivity index (χ2n) is 11.3. The maximum atomic E-state index is 7.51. The van der Waals surface area contributed by atoms with E-state index in [1.54, 1.807) is 6.07 Å². The molecule has 5 heteroatoms. The zero-order valence-electron chi connectivity index (χ0n) is 23.3. The fraction of sp³-hybridized carbons (Fsp3) is 0.562. The van der Waals surface area contributed by atoms with Crippen LogP contribution in [0.5, 0.6) is 0 Å². The summed E-state index contributed by atoms with van der Waals surface area (Å²) in [5, 5.41) is 7.51. The molecule has 5 rings (SSSR count). The quantitative estimate of drug-likeness (QED) is 0.304. The van der Waals surface area contributed by atoms with E-state index in [1.165, 1.54) is 84.8 Å². The lowest BCUT2D eigenvalue weighted by Crippen LogP contribution is -2.37. The van der Waals surface area contributed by atoms with Gasteiger partial charge in [-0.1, -0.05) is 39.0 Å². The third-order valence-electron chi connectivity index (χ3n) is 8.71. The van der Waals surface area contributed by atoms with Crippen LogP contribution < -0.4 is 4.90 Å². The van der Waals surface area contributed by atoms with Crippen molar-refractivity contribution in [1.29, 1.82) is 5.26 Å². The van der Waals surface area contributed by atoms with Crippen LogP contribution in [0.3, 0.4) is 0 Å². The summed E-state index contributed by atoms with van der Waals surface area (Å²) in [4.78, 5) is 10.5. The summed E-state index contributed by atoms with van der Waals surface area (Å²) in [6.45, 7) is 22.0. The predicted octanol–water partition coefficient (Wildman–Crippen LogP) is 7.52. The van der Waals surface area contributed by atoms with Gasteiger partial charge in [-0.25, -0.2) is 4.98 Å². The molecule has 0 amide bonds. The number of aryl methyl sites for hydroxylation is 1. The van der Waals surface area contributed by atoms with Crippen LogP contribution in [0.25, 0.3) is 11.0 Å². The van der Waals surface area contributed by atoms with Crippen LogP contribution in [0.2, 0.25) is 0 Å². The highest BCUT2D eigenvalue weighted by molar-refractivity contribution is 5.86. The van der Waals surface area contributed by atoms with Gasteiger partial charge < -0.3 is 14.4 Å². The van der Waals surface area contributed by atoms with Crippen LogP contribution in [0.15, 0.2) is 49.7 Å². The van der Waals surface area contributed by atoms with E-state index in [1.807, 2.05) is 6.08 Å². The van der Waals surface area contributed by atoms with Crippen molar-refractivity contribution in [3.05, 3.63) is 61.1 Å². The maximum absolute atomic E-state index is 7.51. The zero-order chi connectivity index (χ0) is 26.5. The van der Waals surface area contributed by atoms with E-state index in [9.17, 15) is 0 Å². The Hall–Kier alpha value is -3.00. The van der Waals surface area contributed by atoms with Gasteiger partial charge in [0.1, 0.15) is 5.82 Å². The van der Waals surface area contributed by atoms with Gasteiger partial charge in [0.05, 0.1) is 23.0 Å².